The summed E-state index contributed by atoms with van der Waals surface area (Å²) in [5.41, 5.74) is 2.07. The number of aliphatic imine (C=N–C) groups is 1. The van der Waals surface area contributed by atoms with Gasteiger partial charge in [0.1, 0.15) is 22.9 Å². The first-order chi connectivity index (χ1) is 14.9. The van der Waals surface area contributed by atoms with E-state index in [0.29, 0.717) is 5.56 Å². The van der Waals surface area contributed by atoms with Gasteiger partial charge in [-0.2, -0.15) is 13.2 Å². The molecule has 7 nitrogen and oxygen atoms in total. The molecular formula is C21H22F4N4O3. The molecule has 2 aromatic rings. The first-order valence-corrected chi connectivity index (χ1v) is 9.52. The number of ether oxygens (including phenoxy) is 2. The molecule has 2 heterocycles. The van der Waals surface area contributed by atoms with Crippen LogP contribution in [0.1, 0.15) is 35.5 Å². The molecule has 32 heavy (non-hydrogen) atoms. The van der Waals surface area contributed by atoms with Crippen LogP contribution < -0.4 is 11.1 Å². The van der Waals surface area contributed by atoms with Gasteiger partial charge < -0.3 is 20.5 Å². The highest BCUT2D eigenvalue weighted by molar-refractivity contribution is 6.03. The number of pyridine rings is 1. The van der Waals surface area contributed by atoms with Gasteiger partial charge in [0.15, 0.2) is 0 Å². The number of amides is 1. The molecule has 0 fully saturated rings. The number of carbonyl (C=O) groups excluding carboxylic acids is 1. The standard InChI is InChI=1S/C21H22F4N4O3/c1-19(11-32-20(2,18(26)29-19)21(23,24)25)14-9-13(6-7-15(14)22)28-17(30)16-12(10-31-3)5-4-8-27-16/h4-9H,10-11H2,1-3H3,(H2,26,29)(H,28,30)/t19-,20+/m0/s1. The maximum absolute atomic E-state index is 14.6. The Hall–Kier alpha value is -3.05. The van der Waals surface area contributed by atoms with Gasteiger partial charge in [-0.1, -0.05) is 6.07 Å². The number of anilines is 1. The molecule has 0 unspecified atom stereocenters. The van der Waals surface area contributed by atoms with Crippen LogP contribution in [-0.4, -0.2) is 42.2 Å². The van der Waals surface area contributed by atoms with E-state index in [4.69, 9.17) is 15.2 Å². The summed E-state index contributed by atoms with van der Waals surface area (Å²) in [5.74, 6) is -2.11. The van der Waals surface area contributed by atoms with Gasteiger partial charge in [-0.25, -0.2) is 4.39 Å². The van der Waals surface area contributed by atoms with E-state index in [0.717, 1.165) is 13.0 Å². The quantitative estimate of drug-likeness (QED) is 0.674. The summed E-state index contributed by atoms with van der Waals surface area (Å²) in [6, 6.07) is 7.01. The van der Waals surface area contributed by atoms with Crippen molar-refractivity contribution in [3.8, 4) is 0 Å². The Labute approximate surface area is 181 Å². The number of nitrogens with two attached hydrogens (primary N) is 1. The molecule has 3 rings (SSSR count). The van der Waals surface area contributed by atoms with E-state index in [1.807, 2.05) is 0 Å². The maximum Gasteiger partial charge on any atom is 0.424 e. The van der Waals surface area contributed by atoms with Crippen molar-refractivity contribution in [2.45, 2.75) is 37.8 Å². The Morgan fingerprint density at radius 3 is 2.66 bits per heavy atom. The third kappa shape index (κ3) is 4.30. The predicted octanol–water partition coefficient (Wildman–Crippen LogP) is 3.54. The van der Waals surface area contributed by atoms with E-state index < -0.39 is 41.5 Å². The molecule has 1 aromatic heterocycles. The van der Waals surface area contributed by atoms with E-state index >= 15 is 0 Å². The molecule has 0 aliphatic carbocycles. The zero-order valence-electron chi connectivity index (χ0n) is 17.6. The topological polar surface area (TPSA) is 98.8 Å². The van der Waals surface area contributed by atoms with Gasteiger partial charge in [0.2, 0.25) is 5.60 Å². The van der Waals surface area contributed by atoms with Gasteiger partial charge in [0.05, 0.1) is 13.2 Å². The fourth-order valence-corrected chi connectivity index (χ4v) is 3.25. The molecule has 3 N–H and O–H groups in total. The lowest BCUT2D eigenvalue weighted by atomic mass is 9.89. The molecule has 0 saturated heterocycles. The van der Waals surface area contributed by atoms with Crippen LogP contribution in [0.5, 0.6) is 0 Å². The Morgan fingerprint density at radius 2 is 2.03 bits per heavy atom. The first-order valence-electron chi connectivity index (χ1n) is 9.52. The Bertz CT molecular complexity index is 1060. The maximum atomic E-state index is 14.6. The molecule has 2 atom stereocenters. The van der Waals surface area contributed by atoms with Crippen LogP contribution in [0.3, 0.4) is 0 Å². The second-order valence-corrected chi connectivity index (χ2v) is 7.68. The largest absolute Gasteiger partial charge is 0.424 e. The fourth-order valence-electron chi connectivity index (χ4n) is 3.25. The van der Waals surface area contributed by atoms with Gasteiger partial charge in [-0.05, 0) is 38.1 Å². The number of hydrogen-bond acceptors (Lipinski definition) is 6. The highest BCUT2D eigenvalue weighted by atomic mass is 19.4. The van der Waals surface area contributed by atoms with Crippen molar-refractivity contribution in [1.29, 1.82) is 0 Å². The van der Waals surface area contributed by atoms with Crippen molar-refractivity contribution in [2.75, 3.05) is 19.0 Å². The number of benzene rings is 1. The van der Waals surface area contributed by atoms with Crippen molar-refractivity contribution in [3.05, 3.63) is 59.2 Å². The van der Waals surface area contributed by atoms with Crippen LogP contribution in [0.15, 0.2) is 41.5 Å². The van der Waals surface area contributed by atoms with E-state index in [9.17, 15) is 22.4 Å². The Morgan fingerprint density at radius 1 is 1.31 bits per heavy atom. The smallest absolute Gasteiger partial charge is 0.385 e. The highest BCUT2D eigenvalue weighted by Crippen LogP contribution is 2.41. The molecule has 0 radical (unpaired) electrons. The van der Waals surface area contributed by atoms with Crippen LogP contribution in [0.4, 0.5) is 23.2 Å². The molecule has 1 amide bonds. The third-order valence-corrected chi connectivity index (χ3v) is 5.25. The molecule has 1 aliphatic heterocycles. The second kappa shape index (κ2) is 8.47. The monoisotopic (exact) mass is 454 g/mol. The summed E-state index contributed by atoms with van der Waals surface area (Å²) in [6.07, 6.45) is -3.35. The fraction of sp³-hybridized carbons (Fsp3) is 0.381. The van der Waals surface area contributed by atoms with Crippen molar-refractivity contribution >= 4 is 17.4 Å². The lowest BCUT2D eigenvalue weighted by Crippen LogP contribution is -2.60. The lowest BCUT2D eigenvalue weighted by molar-refractivity contribution is -0.249. The van der Waals surface area contributed by atoms with Gasteiger partial charge in [-0.15, -0.1) is 0 Å². The number of halogens is 4. The van der Waals surface area contributed by atoms with E-state index in [2.05, 4.69) is 15.3 Å². The average molecular weight is 454 g/mol. The molecular weight excluding hydrogens is 432 g/mol. The molecule has 0 spiro atoms. The zero-order valence-corrected chi connectivity index (χ0v) is 17.6. The van der Waals surface area contributed by atoms with Gasteiger partial charge >= 0.3 is 6.18 Å². The van der Waals surface area contributed by atoms with Crippen LogP contribution in [0.2, 0.25) is 0 Å². The van der Waals surface area contributed by atoms with Gasteiger partial charge in [-0.3, -0.25) is 14.8 Å². The third-order valence-electron chi connectivity index (χ3n) is 5.25. The zero-order chi connectivity index (χ0) is 23.7. The number of methoxy groups -OCH3 is 1. The number of rotatable bonds is 5. The predicted molar refractivity (Wildman–Crippen MR) is 109 cm³/mol. The second-order valence-electron chi connectivity index (χ2n) is 7.68. The van der Waals surface area contributed by atoms with Crippen molar-refractivity contribution in [3.63, 3.8) is 0 Å². The summed E-state index contributed by atoms with van der Waals surface area (Å²) >= 11 is 0. The highest BCUT2D eigenvalue weighted by Gasteiger charge is 2.59. The van der Waals surface area contributed by atoms with Crippen molar-refractivity contribution in [1.82, 2.24) is 4.98 Å². The van der Waals surface area contributed by atoms with E-state index in [1.165, 1.54) is 32.4 Å². The summed E-state index contributed by atoms with van der Waals surface area (Å²) in [4.78, 5) is 20.7. The average Bonchev–Trinajstić information content (AvgIpc) is 2.72. The molecule has 11 heteroatoms. The lowest BCUT2D eigenvalue weighted by Gasteiger charge is -2.41. The first kappa shape index (κ1) is 23.6. The molecule has 0 saturated carbocycles. The van der Waals surface area contributed by atoms with Gasteiger partial charge in [0.25, 0.3) is 5.91 Å². The van der Waals surface area contributed by atoms with E-state index in [-0.39, 0.29) is 23.6 Å². The number of amidine groups is 1. The summed E-state index contributed by atoms with van der Waals surface area (Å²) < 4.78 is 64.8. The number of nitrogens with zero attached hydrogens (tertiary/aromatic N) is 2. The number of alkyl halides is 3. The van der Waals surface area contributed by atoms with Crippen LogP contribution in [0.25, 0.3) is 0 Å². The van der Waals surface area contributed by atoms with E-state index in [1.54, 1.807) is 12.1 Å². The summed E-state index contributed by atoms with van der Waals surface area (Å²) in [7, 11) is 1.48. The van der Waals surface area contributed by atoms with Crippen LogP contribution in [0, 0.1) is 5.82 Å². The van der Waals surface area contributed by atoms with Crippen LogP contribution >= 0.6 is 0 Å². The normalized spacial score (nSPS) is 23.5. The minimum Gasteiger partial charge on any atom is -0.385 e. The minimum absolute atomic E-state index is 0.0828. The Kier molecular flexibility index (Phi) is 6.25. The summed E-state index contributed by atoms with van der Waals surface area (Å²) in [5, 5.41) is 2.61. The minimum atomic E-state index is -4.79. The van der Waals surface area contributed by atoms with Crippen molar-refractivity contribution < 1.29 is 31.8 Å². The molecule has 0 bridgehead atoms. The van der Waals surface area contributed by atoms with Crippen molar-refractivity contribution in [2.24, 2.45) is 10.7 Å². The number of nitrogens with one attached hydrogen (secondary N) is 1. The SMILES string of the molecule is COCc1cccnc1C(=O)Nc1ccc(F)c([C@]2(C)CO[C@@](C)(C(F)(F)F)C(N)=N2)c1. The number of aromatic nitrogens is 1. The molecule has 1 aliphatic rings. The Balaban J connectivity index is 1.93. The number of hydrogen-bond donors (Lipinski definition) is 2. The summed E-state index contributed by atoms with van der Waals surface area (Å²) in [6.45, 7) is 1.75. The van der Waals surface area contributed by atoms with Crippen LogP contribution in [-0.2, 0) is 21.6 Å². The molecule has 1 aromatic carbocycles. The van der Waals surface area contributed by atoms with Gasteiger partial charge in [0, 0.05) is 30.1 Å². The molecule has 172 valence electrons. The number of carbonyl (C=O) groups is 1.